The van der Waals surface area contributed by atoms with Crippen LogP contribution in [0.1, 0.15) is 16.8 Å². The largest absolute Gasteiger partial charge is 0.409 e. The number of amidine groups is 1. The molecule has 0 unspecified atom stereocenters. The lowest BCUT2D eigenvalue weighted by Gasteiger charge is -2.06. The van der Waals surface area contributed by atoms with Crippen molar-refractivity contribution in [3.05, 3.63) is 65.5 Å². The lowest BCUT2D eigenvalue weighted by molar-refractivity contribution is 0.318. The van der Waals surface area contributed by atoms with Gasteiger partial charge in [-0.15, -0.1) is 0 Å². The molecule has 5 heteroatoms. The summed E-state index contributed by atoms with van der Waals surface area (Å²) in [6.45, 7) is 1.62. The van der Waals surface area contributed by atoms with E-state index in [-0.39, 0.29) is 5.84 Å². The van der Waals surface area contributed by atoms with Gasteiger partial charge in [0.1, 0.15) is 5.69 Å². The molecule has 104 valence electrons. The second-order valence-electron chi connectivity index (χ2n) is 4.45. The molecule has 0 saturated heterocycles. The molecule has 1 aromatic heterocycles. The van der Waals surface area contributed by atoms with E-state index in [1.807, 2.05) is 30.3 Å². The Bertz CT molecular complexity index is 569. The second-order valence-corrected chi connectivity index (χ2v) is 4.45. The molecule has 0 spiro atoms. The van der Waals surface area contributed by atoms with Gasteiger partial charge in [0.15, 0.2) is 5.84 Å². The minimum Gasteiger partial charge on any atom is -0.409 e. The molecule has 0 amide bonds. The summed E-state index contributed by atoms with van der Waals surface area (Å²) in [5.41, 5.74) is 8.36. The fourth-order valence-corrected chi connectivity index (χ4v) is 1.89. The SMILES string of the molecule is NC(=NO)c1cc(CNCCc2ccccc2)ccn1. The summed E-state index contributed by atoms with van der Waals surface area (Å²) < 4.78 is 0. The molecule has 5 nitrogen and oxygen atoms in total. The highest BCUT2D eigenvalue weighted by molar-refractivity contribution is 5.95. The van der Waals surface area contributed by atoms with Crippen molar-refractivity contribution in [2.75, 3.05) is 6.54 Å². The molecule has 0 aliphatic carbocycles. The van der Waals surface area contributed by atoms with Crippen molar-refractivity contribution >= 4 is 5.84 Å². The first-order valence-corrected chi connectivity index (χ1v) is 6.47. The zero-order valence-electron chi connectivity index (χ0n) is 11.2. The summed E-state index contributed by atoms with van der Waals surface area (Å²) in [5, 5.41) is 14.9. The number of rotatable bonds is 6. The summed E-state index contributed by atoms with van der Waals surface area (Å²) in [6.07, 6.45) is 2.64. The van der Waals surface area contributed by atoms with Crippen molar-refractivity contribution in [1.29, 1.82) is 0 Å². The Morgan fingerprint density at radius 3 is 2.75 bits per heavy atom. The minimum atomic E-state index is 0.0242. The van der Waals surface area contributed by atoms with E-state index in [0.29, 0.717) is 5.69 Å². The highest BCUT2D eigenvalue weighted by atomic mass is 16.4. The van der Waals surface area contributed by atoms with E-state index in [4.69, 9.17) is 10.9 Å². The van der Waals surface area contributed by atoms with Gasteiger partial charge in [0.2, 0.25) is 0 Å². The molecule has 0 bridgehead atoms. The monoisotopic (exact) mass is 270 g/mol. The summed E-state index contributed by atoms with van der Waals surface area (Å²) >= 11 is 0. The molecule has 4 N–H and O–H groups in total. The van der Waals surface area contributed by atoms with Crippen LogP contribution < -0.4 is 11.1 Å². The molecule has 0 aliphatic rings. The summed E-state index contributed by atoms with van der Waals surface area (Å²) in [6, 6.07) is 14.1. The van der Waals surface area contributed by atoms with Crippen LogP contribution in [0.5, 0.6) is 0 Å². The highest BCUT2D eigenvalue weighted by Gasteiger charge is 2.02. The van der Waals surface area contributed by atoms with E-state index in [0.717, 1.165) is 25.1 Å². The number of oxime groups is 1. The maximum Gasteiger partial charge on any atom is 0.188 e. The number of nitrogens with two attached hydrogens (primary N) is 1. The van der Waals surface area contributed by atoms with Crippen LogP contribution >= 0.6 is 0 Å². The summed E-state index contributed by atoms with van der Waals surface area (Å²) in [4.78, 5) is 4.04. The standard InChI is InChI=1S/C15H18N4O/c16-15(19-20)14-10-13(7-9-18-14)11-17-8-6-12-4-2-1-3-5-12/h1-5,7,9-10,17,20H,6,8,11H2,(H2,16,19). The number of nitrogens with zero attached hydrogens (tertiary/aromatic N) is 2. The Hall–Kier alpha value is -2.40. The Morgan fingerprint density at radius 1 is 1.20 bits per heavy atom. The molecule has 20 heavy (non-hydrogen) atoms. The van der Waals surface area contributed by atoms with Crippen molar-refractivity contribution in [1.82, 2.24) is 10.3 Å². The third-order valence-electron chi connectivity index (χ3n) is 2.96. The fraction of sp³-hybridized carbons (Fsp3) is 0.200. The first kappa shape index (κ1) is 14.0. The predicted octanol–water partition coefficient (Wildman–Crippen LogP) is 1.51. The number of pyridine rings is 1. The van der Waals surface area contributed by atoms with Crippen LogP contribution in [-0.4, -0.2) is 22.6 Å². The van der Waals surface area contributed by atoms with Gasteiger partial charge in [-0.05, 0) is 36.2 Å². The van der Waals surface area contributed by atoms with Gasteiger partial charge in [-0.2, -0.15) is 0 Å². The van der Waals surface area contributed by atoms with Crippen LogP contribution in [0.4, 0.5) is 0 Å². The normalized spacial score (nSPS) is 11.5. The third kappa shape index (κ3) is 4.07. The first-order chi connectivity index (χ1) is 9.79. The molecule has 0 aliphatic heterocycles. The predicted molar refractivity (Wildman–Crippen MR) is 78.6 cm³/mol. The van der Waals surface area contributed by atoms with Crippen LogP contribution in [0.15, 0.2) is 53.8 Å². The number of benzene rings is 1. The van der Waals surface area contributed by atoms with Gasteiger partial charge < -0.3 is 16.3 Å². The molecular weight excluding hydrogens is 252 g/mol. The van der Waals surface area contributed by atoms with E-state index >= 15 is 0 Å². The zero-order chi connectivity index (χ0) is 14.2. The van der Waals surface area contributed by atoms with E-state index in [2.05, 4.69) is 27.6 Å². The van der Waals surface area contributed by atoms with Crippen LogP contribution in [0.25, 0.3) is 0 Å². The van der Waals surface area contributed by atoms with Crippen molar-refractivity contribution < 1.29 is 5.21 Å². The Balaban J connectivity index is 1.82. The van der Waals surface area contributed by atoms with Gasteiger partial charge in [-0.25, -0.2) is 0 Å². The minimum absolute atomic E-state index is 0.0242. The smallest absolute Gasteiger partial charge is 0.188 e. The molecule has 0 saturated carbocycles. The van der Waals surface area contributed by atoms with Crippen LogP contribution in [0.2, 0.25) is 0 Å². The molecular formula is C15H18N4O. The van der Waals surface area contributed by atoms with E-state index in [1.54, 1.807) is 6.20 Å². The van der Waals surface area contributed by atoms with Crippen LogP contribution in [0.3, 0.4) is 0 Å². The lowest BCUT2D eigenvalue weighted by Crippen LogP contribution is -2.18. The molecule has 1 heterocycles. The molecule has 0 fully saturated rings. The topological polar surface area (TPSA) is 83.5 Å². The quantitative estimate of drug-likeness (QED) is 0.244. The fourth-order valence-electron chi connectivity index (χ4n) is 1.89. The van der Waals surface area contributed by atoms with Crippen LogP contribution in [0, 0.1) is 0 Å². The summed E-state index contributed by atoms with van der Waals surface area (Å²) in [5.74, 6) is 0.0242. The van der Waals surface area contributed by atoms with Crippen LogP contribution in [-0.2, 0) is 13.0 Å². The molecule has 1 aromatic carbocycles. The average molecular weight is 270 g/mol. The third-order valence-corrected chi connectivity index (χ3v) is 2.96. The first-order valence-electron chi connectivity index (χ1n) is 6.47. The van der Waals surface area contributed by atoms with Crippen molar-refractivity contribution in [3.63, 3.8) is 0 Å². The van der Waals surface area contributed by atoms with Gasteiger partial charge >= 0.3 is 0 Å². The molecule has 2 aromatic rings. The van der Waals surface area contributed by atoms with E-state index in [1.165, 1.54) is 5.56 Å². The number of hydrogen-bond acceptors (Lipinski definition) is 4. The molecule has 2 rings (SSSR count). The molecule has 0 atom stereocenters. The van der Waals surface area contributed by atoms with Gasteiger partial charge in [0, 0.05) is 12.7 Å². The van der Waals surface area contributed by atoms with Gasteiger partial charge in [-0.1, -0.05) is 35.5 Å². The number of nitrogens with one attached hydrogen (secondary N) is 1. The Kier molecular flexibility index (Phi) is 5.08. The van der Waals surface area contributed by atoms with Gasteiger partial charge in [0.25, 0.3) is 0 Å². The number of aromatic nitrogens is 1. The van der Waals surface area contributed by atoms with Gasteiger partial charge in [0.05, 0.1) is 0 Å². The highest BCUT2D eigenvalue weighted by Crippen LogP contribution is 2.02. The number of hydrogen-bond donors (Lipinski definition) is 3. The van der Waals surface area contributed by atoms with E-state index in [9.17, 15) is 0 Å². The lowest BCUT2D eigenvalue weighted by atomic mass is 10.1. The van der Waals surface area contributed by atoms with Crippen molar-refractivity contribution in [2.24, 2.45) is 10.9 Å². The average Bonchev–Trinajstić information content (AvgIpc) is 2.52. The molecule has 0 radical (unpaired) electrons. The van der Waals surface area contributed by atoms with Gasteiger partial charge in [-0.3, -0.25) is 4.98 Å². The zero-order valence-corrected chi connectivity index (χ0v) is 11.2. The maximum atomic E-state index is 8.63. The Morgan fingerprint density at radius 2 is 2.00 bits per heavy atom. The second kappa shape index (κ2) is 7.25. The maximum absolute atomic E-state index is 8.63. The summed E-state index contributed by atoms with van der Waals surface area (Å²) in [7, 11) is 0. The Labute approximate surface area is 118 Å². The van der Waals surface area contributed by atoms with Crippen molar-refractivity contribution in [2.45, 2.75) is 13.0 Å². The van der Waals surface area contributed by atoms with Crippen molar-refractivity contribution in [3.8, 4) is 0 Å². The van der Waals surface area contributed by atoms with E-state index < -0.39 is 0 Å².